The van der Waals surface area contributed by atoms with Gasteiger partial charge in [-0.15, -0.1) is 5.10 Å². The van der Waals surface area contributed by atoms with Crippen molar-refractivity contribution in [2.24, 2.45) is 0 Å². The summed E-state index contributed by atoms with van der Waals surface area (Å²) in [6, 6.07) is 3.77. The van der Waals surface area contributed by atoms with Gasteiger partial charge in [-0.3, -0.25) is 4.98 Å². The molecule has 12 heteroatoms. The second-order valence-corrected chi connectivity index (χ2v) is 5.93. The highest BCUT2D eigenvalue weighted by Crippen LogP contribution is 2.38. The fourth-order valence-corrected chi connectivity index (χ4v) is 2.47. The van der Waals surface area contributed by atoms with Crippen molar-refractivity contribution in [2.75, 3.05) is 0 Å². The predicted molar refractivity (Wildman–Crippen MR) is 91.5 cm³/mol. The Bertz CT molecular complexity index is 1070. The SMILES string of the molecule is O=C(O)/C(=C/n1cnc(-c2cc(C(F)(F)F)cc(C(F)(F)F)c2)n1)c1ccncc1. The van der Waals surface area contributed by atoms with E-state index < -0.39 is 40.8 Å². The summed E-state index contributed by atoms with van der Waals surface area (Å²) in [6.45, 7) is 0. The van der Waals surface area contributed by atoms with Crippen LogP contribution >= 0.6 is 0 Å². The Balaban J connectivity index is 2.06. The number of carbonyl (C=O) groups is 1. The van der Waals surface area contributed by atoms with Crippen LogP contribution < -0.4 is 0 Å². The number of rotatable bonds is 4. The number of nitrogens with zero attached hydrogens (tertiary/aromatic N) is 4. The standard InChI is InChI=1S/C18H10F6N4O2/c19-17(20,21)12-5-11(6-13(7-12)18(22,23)24)15-26-9-28(27-15)8-14(16(29)30)10-1-3-25-4-2-10/h1-9H,(H,29,30)/b14-8+. The molecule has 1 aromatic carbocycles. The summed E-state index contributed by atoms with van der Waals surface area (Å²) in [6.07, 6.45) is -5.35. The van der Waals surface area contributed by atoms with Crippen LogP contribution in [0.2, 0.25) is 0 Å². The Morgan fingerprint density at radius 2 is 1.53 bits per heavy atom. The molecule has 2 aromatic heterocycles. The van der Waals surface area contributed by atoms with E-state index in [0.29, 0.717) is 12.1 Å². The summed E-state index contributed by atoms with van der Waals surface area (Å²) >= 11 is 0. The molecule has 30 heavy (non-hydrogen) atoms. The van der Waals surface area contributed by atoms with Crippen molar-refractivity contribution in [1.29, 1.82) is 0 Å². The lowest BCUT2D eigenvalue weighted by Gasteiger charge is -2.13. The molecule has 6 nitrogen and oxygen atoms in total. The van der Waals surface area contributed by atoms with Gasteiger partial charge in [0.05, 0.1) is 16.7 Å². The average molecular weight is 428 g/mol. The summed E-state index contributed by atoms with van der Waals surface area (Å²) in [5, 5.41) is 13.2. The van der Waals surface area contributed by atoms with Crippen LogP contribution in [0.3, 0.4) is 0 Å². The molecular formula is C18H10F6N4O2. The van der Waals surface area contributed by atoms with E-state index in [2.05, 4.69) is 15.1 Å². The number of alkyl halides is 6. The molecule has 0 fully saturated rings. The third-order valence-corrected chi connectivity index (χ3v) is 3.84. The Kier molecular flexibility index (Phi) is 5.33. The number of aliphatic carboxylic acids is 1. The zero-order valence-corrected chi connectivity index (χ0v) is 14.6. The Hall–Kier alpha value is -3.70. The summed E-state index contributed by atoms with van der Waals surface area (Å²) in [7, 11) is 0. The van der Waals surface area contributed by atoms with E-state index in [1.165, 1.54) is 24.5 Å². The molecule has 2 heterocycles. The topological polar surface area (TPSA) is 80.9 Å². The van der Waals surface area contributed by atoms with Gasteiger partial charge in [-0.05, 0) is 35.9 Å². The van der Waals surface area contributed by atoms with Gasteiger partial charge in [-0.25, -0.2) is 14.5 Å². The molecule has 0 aliphatic carbocycles. The quantitative estimate of drug-likeness (QED) is 0.490. The van der Waals surface area contributed by atoms with Crippen molar-refractivity contribution in [3.05, 3.63) is 65.7 Å². The smallest absolute Gasteiger partial charge is 0.416 e. The number of benzene rings is 1. The van der Waals surface area contributed by atoms with Gasteiger partial charge in [-0.2, -0.15) is 26.3 Å². The van der Waals surface area contributed by atoms with Gasteiger partial charge in [0.15, 0.2) is 5.82 Å². The zero-order valence-electron chi connectivity index (χ0n) is 14.6. The molecule has 0 bridgehead atoms. The van der Waals surface area contributed by atoms with Crippen LogP contribution in [0.15, 0.2) is 49.1 Å². The van der Waals surface area contributed by atoms with Gasteiger partial charge in [0.2, 0.25) is 0 Å². The zero-order chi connectivity index (χ0) is 22.1. The lowest BCUT2D eigenvalue weighted by atomic mass is 10.0. The van der Waals surface area contributed by atoms with Gasteiger partial charge >= 0.3 is 18.3 Å². The highest BCUT2D eigenvalue weighted by Gasteiger charge is 2.37. The third kappa shape index (κ3) is 4.64. The molecule has 0 spiro atoms. The maximum Gasteiger partial charge on any atom is 0.416 e. The number of halogens is 6. The molecule has 3 aromatic rings. The first kappa shape index (κ1) is 21.0. The van der Waals surface area contributed by atoms with Crippen LogP contribution in [0.5, 0.6) is 0 Å². The van der Waals surface area contributed by atoms with Crippen LogP contribution in [0.1, 0.15) is 16.7 Å². The first-order chi connectivity index (χ1) is 13.9. The molecule has 0 saturated carbocycles. The van der Waals surface area contributed by atoms with Gasteiger partial charge in [0.1, 0.15) is 6.33 Å². The van der Waals surface area contributed by atoms with Crippen molar-refractivity contribution in [3.63, 3.8) is 0 Å². The Morgan fingerprint density at radius 1 is 0.967 bits per heavy atom. The summed E-state index contributed by atoms with van der Waals surface area (Å²) in [5.74, 6) is -1.78. The van der Waals surface area contributed by atoms with Gasteiger partial charge in [0.25, 0.3) is 0 Å². The summed E-state index contributed by atoms with van der Waals surface area (Å²) in [4.78, 5) is 19.0. The van der Waals surface area contributed by atoms with E-state index in [0.717, 1.165) is 17.2 Å². The third-order valence-electron chi connectivity index (χ3n) is 3.84. The van der Waals surface area contributed by atoms with Crippen molar-refractivity contribution < 1.29 is 36.2 Å². The number of pyridine rings is 1. The second-order valence-electron chi connectivity index (χ2n) is 5.93. The van der Waals surface area contributed by atoms with E-state index in [1.54, 1.807) is 0 Å². The lowest BCUT2D eigenvalue weighted by Crippen LogP contribution is -2.11. The largest absolute Gasteiger partial charge is 0.478 e. The minimum atomic E-state index is -5.02. The molecule has 0 aliphatic rings. The average Bonchev–Trinajstić information content (AvgIpc) is 3.13. The second kappa shape index (κ2) is 7.61. The molecule has 0 amide bonds. The first-order valence-corrected chi connectivity index (χ1v) is 8.01. The minimum absolute atomic E-state index is 0.00757. The van der Waals surface area contributed by atoms with Gasteiger partial charge < -0.3 is 5.11 Å². The van der Waals surface area contributed by atoms with E-state index in [9.17, 15) is 36.2 Å². The normalized spacial score (nSPS) is 12.8. The maximum absolute atomic E-state index is 13.0. The van der Waals surface area contributed by atoms with Crippen LogP contribution in [0.25, 0.3) is 23.2 Å². The van der Waals surface area contributed by atoms with E-state index >= 15 is 0 Å². The van der Waals surface area contributed by atoms with Crippen molar-refractivity contribution in [3.8, 4) is 11.4 Å². The van der Waals surface area contributed by atoms with Crippen molar-refractivity contribution in [1.82, 2.24) is 19.7 Å². The molecule has 1 N–H and O–H groups in total. The fourth-order valence-electron chi connectivity index (χ4n) is 2.47. The van der Waals surface area contributed by atoms with Crippen LogP contribution in [-0.4, -0.2) is 30.8 Å². The van der Waals surface area contributed by atoms with Crippen LogP contribution in [0.4, 0.5) is 26.3 Å². The number of hydrogen-bond donors (Lipinski definition) is 1. The predicted octanol–water partition coefficient (Wildman–Crippen LogP) is 4.46. The van der Waals surface area contributed by atoms with Gasteiger partial charge in [-0.1, -0.05) is 0 Å². The fraction of sp³-hybridized carbons (Fsp3) is 0.111. The van der Waals surface area contributed by atoms with E-state index in [4.69, 9.17) is 0 Å². The molecule has 156 valence electrons. The summed E-state index contributed by atoms with van der Waals surface area (Å²) in [5.41, 5.74) is -3.53. The lowest BCUT2D eigenvalue weighted by molar-refractivity contribution is -0.143. The highest BCUT2D eigenvalue weighted by atomic mass is 19.4. The highest BCUT2D eigenvalue weighted by molar-refractivity contribution is 6.19. The molecule has 0 atom stereocenters. The minimum Gasteiger partial charge on any atom is -0.478 e. The number of carboxylic acids is 1. The molecule has 0 unspecified atom stereocenters. The molecule has 0 aliphatic heterocycles. The maximum atomic E-state index is 13.0. The Labute approximate surface area is 164 Å². The van der Waals surface area contributed by atoms with Gasteiger partial charge in [0, 0.05) is 24.2 Å². The first-order valence-electron chi connectivity index (χ1n) is 8.01. The summed E-state index contributed by atoms with van der Waals surface area (Å²) < 4.78 is 79.0. The number of carboxylic acid groups (broad SMARTS) is 1. The van der Waals surface area contributed by atoms with E-state index in [1.807, 2.05) is 0 Å². The molecule has 0 radical (unpaired) electrons. The van der Waals surface area contributed by atoms with E-state index in [-0.39, 0.29) is 17.2 Å². The van der Waals surface area contributed by atoms with Crippen LogP contribution in [0, 0.1) is 0 Å². The van der Waals surface area contributed by atoms with Crippen LogP contribution in [-0.2, 0) is 17.1 Å². The van der Waals surface area contributed by atoms with Crippen molar-refractivity contribution >= 4 is 17.7 Å². The number of hydrogen-bond acceptors (Lipinski definition) is 4. The molecular weight excluding hydrogens is 418 g/mol. The molecule has 0 saturated heterocycles. The van der Waals surface area contributed by atoms with Crippen molar-refractivity contribution in [2.45, 2.75) is 12.4 Å². The number of aromatic nitrogens is 4. The Morgan fingerprint density at radius 3 is 2.03 bits per heavy atom. The monoisotopic (exact) mass is 428 g/mol. The molecule has 3 rings (SSSR count).